The Morgan fingerprint density at radius 2 is 2.21 bits per heavy atom. The van der Waals surface area contributed by atoms with Gasteiger partial charge < -0.3 is 15.4 Å². The fourth-order valence-corrected chi connectivity index (χ4v) is 2.39. The Kier molecular flexibility index (Phi) is 5.91. The zero-order valence-corrected chi connectivity index (χ0v) is 13.0. The van der Waals surface area contributed by atoms with Crippen LogP contribution in [0.4, 0.5) is 0 Å². The van der Waals surface area contributed by atoms with Gasteiger partial charge in [-0.15, -0.1) is 0 Å². The molecule has 1 aliphatic heterocycles. The van der Waals surface area contributed by atoms with Crippen molar-refractivity contribution in [3.05, 3.63) is 27.8 Å². The Balaban J connectivity index is 1.58. The third-order valence-corrected chi connectivity index (χ3v) is 3.78. The van der Waals surface area contributed by atoms with E-state index < -0.39 is 0 Å². The van der Waals surface area contributed by atoms with Gasteiger partial charge in [0.05, 0.1) is 6.61 Å². The smallest absolute Gasteiger partial charge is 0.220 e. The van der Waals surface area contributed by atoms with E-state index in [0.717, 1.165) is 31.7 Å². The lowest BCUT2D eigenvalue weighted by atomic mass is 10.2. The highest BCUT2D eigenvalue weighted by Crippen LogP contribution is 2.13. The molecule has 0 bridgehead atoms. The van der Waals surface area contributed by atoms with Gasteiger partial charge in [-0.3, -0.25) is 4.79 Å². The molecular formula is C14H19IN2O2. The van der Waals surface area contributed by atoms with Gasteiger partial charge in [0.2, 0.25) is 5.91 Å². The molecule has 0 spiro atoms. The van der Waals surface area contributed by atoms with Crippen LogP contribution in [0.25, 0.3) is 0 Å². The van der Waals surface area contributed by atoms with Crippen LogP contribution in [0, 0.1) is 3.57 Å². The SMILES string of the molecule is O=C(CCCOc1ccc(I)cc1)NC1CCNC1. The summed E-state index contributed by atoms with van der Waals surface area (Å²) in [6.45, 7) is 2.47. The summed E-state index contributed by atoms with van der Waals surface area (Å²) >= 11 is 2.26. The van der Waals surface area contributed by atoms with E-state index in [1.165, 1.54) is 3.57 Å². The van der Waals surface area contributed by atoms with Gasteiger partial charge in [0.15, 0.2) is 0 Å². The number of carbonyl (C=O) groups excluding carboxylic acids is 1. The summed E-state index contributed by atoms with van der Waals surface area (Å²) in [4.78, 5) is 11.7. The van der Waals surface area contributed by atoms with Gasteiger partial charge in [-0.1, -0.05) is 0 Å². The van der Waals surface area contributed by atoms with Crippen molar-refractivity contribution in [3.8, 4) is 5.75 Å². The first-order chi connectivity index (χ1) is 9.24. The number of rotatable bonds is 6. The molecule has 1 saturated heterocycles. The van der Waals surface area contributed by atoms with Crippen LogP contribution >= 0.6 is 22.6 Å². The number of benzene rings is 1. The number of ether oxygens (including phenoxy) is 1. The number of hydrogen-bond donors (Lipinski definition) is 2. The van der Waals surface area contributed by atoms with Crippen molar-refractivity contribution in [2.24, 2.45) is 0 Å². The highest BCUT2D eigenvalue weighted by molar-refractivity contribution is 14.1. The zero-order valence-electron chi connectivity index (χ0n) is 10.8. The average Bonchev–Trinajstić information content (AvgIpc) is 2.89. The molecule has 0 saturated carbocycles. The fourth-order valence-electron chi connectivity index (χ4n) is 2.03. The Morgan fingerprint density at radius 3 is 2.89 bits per heavy atom. The second kappa shape index (κ2) is 7.69. The molecule has 1 aliphatic rings. The average molecular weight is 374 g/mol. The maximum Gasteiger partial charge on any atom is 0.220 e. The standard InChI is InChI=1S/C14H19IN2O2/c15-11-3-5-13(6-4-11)19-9-1-2-14(18)17-12-7-8-16-10-12/h3-6,12,16H,1-2,7-10H2,(H,17,18). The van der Waals surface area contributed by atoms with Crippen molar-refractivity contribution in [2.75, 3.05) is 19.7 Å². The summed E-state index contributed by atoms with van der Waals surface area (Å²) in [6.07, 6.45) is 2.31. The quantitative estimate of drug-likeness (QED) is 0.591. The predicted molar refractivity (Wildman–Crippen MR) is 83.3 cm³/mol. The first kappa shape index (κ1) is 14.6. The normalized spacial score (nSPS) is 18.3. The van der Waals surface area contributed by atoms with Crippen LogP contribution in [0.5, 0.6) is 5.75 Å². The minimum atomic E-state index is 0.125. The van der Waals surface area contributed by atoms with Crippen molar-refractivity contribution in [1.82, 2.24) is 10.6 Å². The molecule has 1 aromatic carbocycles. The van der Waals surface area contributed by atoms with E-state index in [9.17, 15) is 4.79 Å². The van der Waals surface area contributed by atoms with Crippen molar-refractivity contribution in [2.45, 2.75) is 25.3 Å². The van der Waals surface area contributed by atoms with Crippen LogP contribution < -0.4 is 15.4 Å². The van der Waals surface area contributed by atoms with Gasteiger partial charge in [0, 0.05) is 22.6 Å². The summed E-state index contributed by atoms with van der Waals surface area (Å²) in [5, 5.41) is 6.26. The molecule has 1 aromatic rings. The summed E-state index contributed by atoms with van der Waals surface area (Å²) < 4.78 is 6.78. The zero-order chi connectivity index (χ0) is 13.5. The number of carbonyl (C=O) groups is 1. The largest absolute Gasteiger partial charge is 0.494 e. The van der Waals surface area contributed by atoms with E-state index in [4.69, 9.17) is 4.74 Å². The lowest BCUT2D eigenvalue weighted by molar-refractivity contribution is -0.121. The van der Waals surface area contributed by atoms with E-state index in [0.29, 0.717) is 19.1 Å². The highest BCUT2D eigenvalue weighted by atomic mass is 127. The monoisotopic (exact) mass is 374 g/mol. The summed E-state index contributed by atoms with van der Waals surface area (Å²) in [5.41, 5.74) is 0. The lowest BCUT2D eigenvalue weighted by Crippen LogP contribution is -2.36. The van der Waals surface area contributed by atoms with E-state index >= 15 is 0 Å². The first-order valence-corrected chi connectivity index (χ1v) is 7.70. The molecule has 4 nitrogen and oxygen atoms in total. The molecule has 19 heavy (non-hydrogen) atoms. The topological polar surface area (TPSA) is 50.4 Å². The highest BCUT2D eigenvalue weighted by Gasteiger charge is 2.15. The lowest BCUT2D eigenvalue weighted by Gasteiger charge is -2.11. The Bertz CT molecular complexity index is 402. The molecule has 1 heterocycles. The molecule has 2 N–H and O–H groups in total. The number of hydrogen-bond acceptors (Lipinski definition) is 3. The minimum Gasteiger partial charge on any atom is -0.494 e. The van der Waals surface area contributed by atoms with Crippen LogP contribution in [0.3, 0.4) is 0 Å². The summed E-state index contributed by atoms with van der Waals surface area (Å²) in [7, 11) is 0. The Morgan fingerprint density at radius 1 is 1.42 bits per heavy atom. The van der Waals surface area contributed by atoms with Crippen molar-refractivity contribution < 1.29 is 9.53 Å². The number of amides is 1. The molecule has 0 aliphatic carbocycles. The molecule has 1 fully saturated rings. The van der Waals surface area contributed by atoms with Crippen molar-refractivity contribution in [3.63, 3.8) is 0 Å². The van der Waals surface area contributed by atoms with Gasteiger partial charge in [0.1, 0.15) is 5.75 Å². The predicted octanol–water partition coefficient (Wildman–Crippen LogP) is 1.93. The van der Waals surface area contributed by atoms with Gasteiger partial charge in [-0.05, 0) is 66.2 Å². The molecule has 1 amide bonds. The molecule has 1 atom stereocenters. The number of nitrogens with one attached hydrogen (secondary N) is 2. The van der Waals surface area contributed by atoms with Gasteiger partial charge in [-0.2, -0.15) is 0 Å². The maximum atomic E-state index is 11.7. The van der Waals surface area contributed by atoms with Crippen LogP contribution in [-0.2, 0) is 4.79 Å². The fraction of sp³-hybridized carbons (Fsp3) is 0.500. The summed E-state index contributed by atoms with van der Waals surface area (Å²) in [5.74, 6) is 0.987. The summed E-state index contributed by atoms with van der Waals surface area (Å²) in [6, 6.07) is 8.23. The van der Waals surface area contributed by atoms with Crippen molar-refractivity contribution >= 4 is 28.5 Å². The van der Waals surface area contributed by atoms with Gasteiger partial charge >= 0.3 is 0 Å². The third-order valence-electron chi connectivity index (χ3n) is 3.06. The minimum absolute atomic E-state index is 0.125. The van der Waals surface area contributed by atoms with Crippen LogP contribution in [0.1, 0.15) is 19.3 Å². The Labute approximate surface area is 127 Å². The van der Waals surface area contributed by atoms with Crippen LogP contribution in [0.2, 0.25) is 0 Å². The van der Waals surface area contributed by atoms with E-state index in [-0.39, 0.29) is 5.91 Å². The molecule has 0 aromatic heterocycles. The molecular weight excluding hydrogens is 355 g/mol. The van der Waals surface area contributed by atoms with Crippen molar-refractivity contribution in [1.29, 1.82) is 0 Å². The molecule has 0 radical (unpaired) electrons. The van der Waals surface area contributed by atoms with Crippen LogP contribution in [-0.4, -0.2) is 31.6 Å². The third kappa shape index (κ3) is 5.36. The molecule has 5 heteroatoms. The first-order valence-electron chi connectivity index (χ1n) is 6.62. The maximum absolute atomic E-state index is 11.7. The van der Waals surface area contributed by atoms with E-state index in [2.05, 4.69) is 33.2 Å². The molecule has 2 rings (SSSR count). The second-order valence-corrected chi connectivity index (χ2v) is 5.91. The second-order valence-electron chi connectivity index (χ2n) is 4.66. The molecule has 1 unspecified atom stereocenters. The number of halogens is 1. The van der Waals surface area contributed by atoms with Crippen LogP contribution in [0.15, 0.2) is 24.3 Å². The Hall–Kier alpha value is -0.820. The van der Waals surface area contributed by atoms with E-state index in [1.807, 2.05) is 24.3 Å². The molecule has 104 valence electrons. The van der Waals surface area contributed by atoms with Gasteiger partial charge in [0.25, 0.3) is 0 Å². The van der Waals surface area contributed by atoms with Gasteiger partial charge in [-0.25, -0.2) is 0 Å². The van der Waals surface area contributed by atoms with E-state index in [1.54, 1.807) is 0 Å².